The number of benzene rings is 3. The van der Waals surface area contributed by atoms with Gasteiger partial charge in [0, 0.05) is 0 Å². The van der Waals surface area contributed by atoms with Crippen LogP contribution in [0.3, 0.4) is 0 Å². The third kappa shape index (κ3) is 2.99. The standard InChI is InChI=1S/C19H22NO3P/c1-3-22-24(21,23-4-2)19(20)18-16-11-7-5-9-14(16)13-15-10-6-8-12-17(15)18/h5-13,19H,3-4,20H2,1-2H3/t19-/m1/s1. The highest BCUT2D eigenvalue weighted by atomic mass is 31.2. The van der Waals surface area contributed by atoms with E-state index in [4.69, 9.17) is 14.8 Å². The maximum atomic E-state index is 13.2. The van der Waals surface area contributed by atoms with Crippen LogP contribution in [0.2, 0.25) is 0 Å². The number of hydrogen-bond donors (Lipinski definition) is 1. The van der Waals surface area contributed by atoms with Gasteiger partial charge in [-0.15, -0.1) is 0 Å². The van der Waals surface area contributed by atoms with E-state index >= 15 is 0 Å². The van der Waals surface area contributed by atoms with Crippen LogP contribution < -0.4 is 5.73 Å². The topological polar surface area (TPSA) is 61.5 Å². The summed E-state index contributed by atoms with van der Waals surface area (Å²) < 4.78 is 24.2. The SMILES string of the molecule is CCOP(=O)(OCC)[C@@H](N)c1c2ccccc2cc2ccccc12. The summed E-state index contributed by atoms with van der Waals surface area (Å²) in [5.74, 6) is -0.839. The summed E-state index contributed by atoms with van der Waals surface area (Å²) in [5.41, 5.74) is 7.28. The molecule has 0 spiro atoms. The van der Waals surface area contributed by atoms with Crippen LogP contribution in [0.4, 0.5) is 0 Å². The number of hydrogen-bond acceptors (Lipinski definition) is 4. The van der Waals surface area contributed by atoms with Gasteiger partial charge in [-0.25, -0.2) is 0 Å². The Bertz CT molecular complexity index is 845. The Labute approximate surface area is 142 Å². The van der Waals surface area contributed by atoms with Crippen LogP contribution in [0.15, 0.2) is 54.6 Å². The van der Waals surface area contributed by atoms with E-state index in [1.807, 2.05) is 48.5 Å². The molecule has 4 nitrogen and oxygen atoms in total. The second-order valence-electron chi connectivity index (χ2n) is 5.55. The van der Waals surface area contributed by atoms with Gasteiger partial charge in [0.1, 0.15) is 5.78 Å². The molecule has 0 saturated heterocycles. The molecule has 3 aromatic carbocycles. The highest BCUT2D eigenvalue weighted by molar-refractivity contribution is 7.54. The van der Waals surface area contributed by atoms with E-state index < -0.39 is 13.4 Å². The van der Waals surface area contributed by atoms with Crippen molar-refractivity contribution >= 4 is 29.1 Å². The van der Waals surface area contributed by atoms with E-state index in [0.717, 1.165) is 27.1 Å². The Hall–Kier alpha value is -1.71. The molecule has 0 saturated carbocycles. The molecule has 1 atom stereocenters. The third-order valence-electron chi connectivity index (χ3n) is 4.07. The van der Waals surface area contributed by atoms with E-state index in [2.05, 4.69) is 6.07 Å². The average molecular weight is 343 g/mol. The lowest BCUT2D eigenvalue weighted by atomic mass is 9.97. The minimum absolute atomic E-state index is 0.285. The third-order valence-corrected chi connectivity index (χ3v) is 6.24. The molecule has 0 fully saturated rings. The molecule has 2 N–H and O–H groups in total. The molecular weight excluding hydrogens is 321 g/mol. The molecular formula is C19H22NO3P. The van der Waals surface area contributed by atoms with Gasteiger partial charge in [0.05, 0.1) is 13.2 Å². The largest absolute Gasteiger partial charge is 0.351 e. The predicted molar refractivity (Wildman–Crippen MR) is 99.2 cm³/mol. The second kappa shape index (κ2) is 7.04. The van der Waals surface area contributed by atoms with Crippen LogP contribution >= 0.6 is 7.60 Å². The zero-order valence-electron chi connectivity index (χ0n) is 13.9. The average Bonchev–Trinajstić information content (AvgIpc) is 2.59. The second-order valence-corrected chi connectivity index (χ2v) is 7.71. The van der Waals surface area contributed by atoms with Crippen LogP contribution in [-0.4, -0.2) is 13.2 Å². The molecule has 3 aromatic rings. The number of nitrogens with two attached hydrogens (primary N) is 1. The van der Waals surface area contributed by atoms with Crippen molar-refractivity contribution in [1.29, 1.82) is 0 Å². The van der Waals surface area contributed by atoms with Crippen LogP contribution in [0, 0.1) is 0 Å². The van der Waals surface area contributed by atoms with Crippen molar-refractivity contribution in [2.24, 2.45) is 5.73 Å². The van der Waals surface area contributed by atoms with Crippen LogP contribution in [-0.2, 0) is 13.6 Å². The maximum absolute atomic E-state index is 13.2. The van der Waals surface area contributed by atoms with Crippen LogP contribution in [0.25, 0.3) is 21.5 Å². The number of fused-ring (bicyclic) bond motifs is 2. The fraction of sp³-hybridized carbons (Fsp3) is 0.263. The number of rotatable bonds is 6. The van der Waals surface area contributed by atoms with Crippen molar-refractivity contribution in [1.82, 2.24) is 0 Å². The smallest absolute Gasteiger partial charge is 0.314 e. The minimum atomic E-state index is -3.46. The zero-order valence-corrected chi connectivity index (χ0v) is 14.8. The maximum Gasteiger partial charge on any atom is 0.351 e. The van der Waals surface area contributed by atoms with E-state index in [9.17, 15) is 4.57 Å². The van der Waals surface area contributed by atoms with Gasteiger partial charge in [-0.05, 0) is 47.0 Å². The van der Waals surface area contributed by atoms with Crippen molar-refractivity contribution in [2.75, 3.05) is 13.2 Å². The van der Waals surface area contributed by atoms with Crippen LogP contribution in [0.5, 0.6) is 0 Å². The van der Waals surface area contributed by atoms with E-state index in [-0.39, 0.29) is 13.2 Å². The van der Waals surface area contributed by atoms with Gasteiger partial charge in [0.25, 0.3) is 0 Å². The van der Waals surface area contributed by atoms with E-state index in [1.54, 1.807) is 13.8 Å². The Morgan fingerprint density at radius 3 is 1.83 bits per heavy atom. The fourth-order valence-electron chi connectivity index (χ4n) is 3.08. The van der Waals surface area contributed by atoms with Gasteiger partial charge in [-0.3, -0.25) is 4.57 Å². The van der Waals surface area contributed by atoms with Gasteiger partial charge >= 0.3 is 7.60 Å². The van der Waals surface area contributed by atoms with Gasteiger partial charge < -0.3 is 14.8 Å². The molecule has 24 heavy (non-hydrogen) atoms. The highest BCUT2D eigenvalue weighted by Gasteiger charge is 2.35. The molecule has 3 rings (SSSR count). The summed E-state index contributed by atoms with van der Waals surface area (Å²) in [7, 11) is -3.46. The lowest BCUT2D eigenvalue weighted by Crippen LogP contribution is -2.16. The van der Waals surface area contributed by atoms with Gasteiger partial charge in [0.2, 0.25) is 0 Å². The molecule has 0 radical (unpaired) electrons. The molecule has 0 amide bonds. The Morgan fingerprint density at radius 2 is 1.38 bits per heavy atom. The molecule has 0 aliphatic rings. The molecule has 126 valence electrons. The molecule has 0 bridgehead atoms. The molecule has 0 aromatic heterocycles. The molecule has 0 heterocycles. The normalized spacial score (nSPS) is 13.5. The quantitative estimate of drug-likeness (QED) is 0.492. The Balaban J connectivity index is 2.31. The van der Waals surface area contributed by atoms with Crippen molar-refractivity contribution in [2.45, 2.75) is 19.6 Å². The van der Waals surface area contributed by atoms with Crippen molar-refractivity contribution < 1.29 is 13.6 Å². The predicted octanol–water partition coefficient (Wildman–Crippen LogP) is 5.22. The van der Waals surface area contributed by atoms with Crippen molar-refractivity contribution in [3.05, 3.63) is 60.2 Å². The Morgan fingerprint density at radius 1 is 0.917 bits per heavy atom. The summed E-state index contributed by atoms with van der Waals surface area (Å²) in [6.45, 7) is 4.15. The van der Waals surface area contributed by atoms with E-state index in [0.29, 0.717) is 0 Å². The van der Waals surface area contributed by atoms with Gasteiger partial charge in [-0.1, -0.05) is 48.5 Å². The van der Waals surface area contributed by atoms with Crippen LogP contribution in [0.1, 0.15) is 25.2 Å². The van der Waals surface area contributed by atoms with Crippen molar-refractivity contribution in [3.8, 4) is 0 Å². The first kappa shape index (κ1) is 17.1. The van der Waals surface area contributed by atoms with Crippen molar-refractivity contribution in [3.63, 3.8) is 0 Å². The molecule has 0 aliphatic heterocycles. The Kier molecular flexibility index (Phi) is 5.02. The van der Waals surface area contributed by atoms with Gasteiger partial charge in [-0.2, -0.15) is 0 Å². The minimum Gasteiger partial charge on any atom is -0.314 e. The summed E-state index contributed by atoms with van der Waals surface area (Å²) in [6.07, 6.45) is 0. The lowest BCUT2D eigenvalue weighted by Gasteiger charge is -2.25. The summed E-state index contributed by atoms with van der Waals surface area (Å²) in [4.78, 5) is 0. The first-order chi connectivity index (χ1) is 11.6. The zero-order chi connectivity index (χ0) is 17.2. The summed E-state index contributed by atoms with van der Waals surface area (Å²) >= 11 is 0. The molecule has 5 heteroatoms. The van der Waals surface area contributed by atoms with Gasteiger partial charge in [0.15, 0.2) is 0 Å². The monoisotopic (exact) mass is 343 g/mol. The van der Waals surface area contributed by atoms with E-state index in [1.165, 1.54) is 0 Å². The molecule has 0 unspecified atom stereocenters. The summed E-state index contributed by atoms with van der Waals surface area (Å²) in [5, 5.41) is 4.06. The molecule has 0 aliphatic carbocycles. The highest BCUT2D eigenvalue weighted by Crippen LogP contribution is 2.60. The fourth-order valence-corrected chi connectivity index (χ4v) is 4.79. The summed E-state index contributed by atoms with van der Waals surface area (Å²) in [6, 6.07) is 18.1. The lowest BCUT2D eigenvalue weighted by molar-refractivity contribution is 0.212. The first-order valence-corrected chi connectivity index (χ1v) is 9.76. The first-order valence-electron chi connectivity index (χ1n) is 8.15.